The van der Waals surface area contributed by atoms with E-state index < -0.39 is 37.1 Å². The van der Waals surface area contributed by atoms with Gasteiger partial charge in [0.2, 0.25) is 5.91 Å². The molecule has 224 valence electrons. The largest absolute Gasteiger partial charge is 0.411 e. The molecular formula is C29H21F4N7O3S. The van der Waals surface area contributed by atoms with E-state index in [0.717, 1.165) is 22.7 Å². The van der Waals surface area contributed by atoms with Crippen LogP contribution in [0.15, 0.2) is 72.0 Å². The Hall–Kier alpha value is -5.07. The van der Waals surface area contributed by atoms with E-state index in [-0.39, 0.29) is 28.1 Å². The van der Waals surface area contributed by atoms with Gasteiger partial charge in [-0.05, 0) is 61.0 Å². The van der Waals surface area contributed by atoms with E-state index in [1.165, 1.54) is 29.2 Å². The van der Waals surface area contributed by atoms with Crippen molar-refractivity contribution in [2.24, 2.45) is 4.99 Å². The molecule has 1 aliphatic rings. The molecule has 1 saturated heterocycles. The highest BCUT2D eigenvalue weighted by Crippen LogP contribution is 2.32. The minimum absolute atomic E-state index is 0.0234. The number of anilines is 2. The van der Waals surface area contributed by atoms with Gasteiger partial charge in [0.25, 0.3) is 0 Å². The lowest BCUT2D eigenvalue weighted by molar-refractivity contribution is -0.176. The van der Waals surface area contributed by atoms with E-state index >= 15 is 4.39 Å². The van der Waals surface area contributed by atoms with Crippen LogP contribution in [0, 0.1) is 24.1 Å². The molecule has 0 bridgehead atoms. The summed E-state index contributed by atoms with van der Waals surface area (Å²) in [5.74, 6) is -1.07. The summed E-state index contributed by atoms with van der Waals surface area (Å²) < 4.78 is 59.1. The SMILES string of the molecule is Cc1ccc(COCC(F)(F)F)c(N2C(=O)CSC2=NC(=O)Nc2ccc(-c3ncn(-c4ccc(C#N)cc4)n3)cc2F)c1. The third-order valence-corrected chi connectivity index (χ3v) is 7.11. The zero-order valence-corrected chi connectivity index (χ0v) is 23.6. The molecule has 1 aromatic heterocycles. The van der Waals surface area contributed by atoms with Crippen LogP contribution in [0.2, 0.25) is 0 Å². The first-order valence-electron chi connectivity index (χ1n) is 12.8. The zero-order valence-electron chi connectivity index (χ0n) is 22.8. The number of nitriles is 1. The van der Waals surface area contributed by atoms with Crippen molar-refractivity contribution in [1.82, 2.24) is 14.8 Å². The maximum atomic E-state index is 15.0. The predicted molar refractivity (Wildman–Crippen MR) is 155 cm³/mol. The molecule has 44 heavy (non-hydrogen) atoms. The van der Waals surface area contributed by atoms with Crippen molar-refractivity contribution >= 4 is 40.2 Å². The first-order chi connectivity index (χ1) is 21.0. The predicted octanol–water partition coefficient (Wildman–Crippen LogP) is 6.00. The fourth-order valence-corrected chi connectivity index (χ4v) is 5.01. The summed E-state index contributed by atoms with van der Waals surface area (Å²) in [7, 11) is 0. The smallest absolute Gasteiger partial charge is 0.367 e. The molecule has 1 N–H and O–H groups in total. The first kappa shape index (κ1) is 30.4. The molecule has 0 saturated carbocycles. The molecule has 4 aromatic rings. The molecule has 2 heterocycles. The Bertz CT molecular complexity index is 1800. The summed E-state index contributed by atoms with van der Waals surface area (Å²) in [5, 5.41) is 15.6. The summed E-state index contributed by atoms with van der Waals surface area (Å²) in [6.45, 7) is -0.159. The number of aryl methyl sites for hydroxylation is 1. The molecule has 3 amide bonds. The molecule has 0 atom stereocenters. The van der Waals surface area contributed by atoms with Gasteiger partial charge in [-0.3, -0.25) is 9.69 Å². The van der Waals surface area contributed by atoms with E-state index in [1.54, 1.807) is 43.3 Å². The molecule has 1 fully saturated rings. The van der Waals surface area contributed by atoms with Crippen LogP contribution in [0.4, 0.5) is 33.7 Å². The van der Waals surface area contributed by atoms with Gasteiger partial charge in [0.05, 0.1) is 41.1 Å². The Labute approximate surface area is 252 Å². The maximum absolute atomic E-state index is 15.0. The number of alkyl halides is 3. The summed E-state index contributed by atoms with van der Waals surface area (Å²) in [6, 6.07) is 16.4. The van der Waals surface area contributed by atoms with Crippen LogP contribution < -0.4 is 10.2 Å². The molecule has 0 unspecified atom stereocenters. The number of carbonyl (C=O) groups is 2. The van der Waals surface area contributed by atoms with Gasteiger partial charge in [0.1, 0.15) is 18.8 Å². The van der Waals surface area contributed by atoms with Gasteiger partial charge in [0.15, 0.2) is 11.0 Å². The zero-order chi connectivity index (χ0) is 31.4. The highest BCUT2D eigenvalue weighted by molar-refractivity contribution is 8.15. The molecule has 0 spiro atoms. The number of nitrogens with one attached hydrogen (secondary N) is 1. The second-order valence-corrected chi connectivity index (χ2v) is 10.4. The Morgan fingerprint density at radius 3 is 2.64 bits per heavy atom. The van der Waals surface area contributed by atoms with Crippen molar-refractivity contribution in [3.05, 3.63) is 89.5 Å². The van der Waals surface area contributed by atoms with Gasteiger partial charge < -0.3 is 10.1 Å². The number of halogens is 4. The third kappa shape index (κ3) is 7.10. The van der Waals surface area contributed by atoms with Crippen LogP contribution in [0.25, 0.3) is 17.1 Å². The molecule has 0 aliphatic carbocycles. The Balaban J connectivity index is 1.31. The number of hydrogen-bond donors (Lipinski definition) is 1. The molecule has 3 aromatic carbocycles. The van der Waals surface area contributed by atoms with E-state index in [9.17, 15) is 22.8 Å². The lowest BCUT2D eigenvalue weighted by Crippen LogP contribution is -2.31. The average molecular weight is 624 g/mol. The van der Waals surface area contributed by atoms with Crippen LogP contribution in [0.1, 0.15) is 16.7 Å². The summed E-state index contributed by atoms with van der Waals surface area (Å²) in [6.07, 6.45) is -3.08. The minimum Gasteiger partial charge on any atom is -0.367 e. The maximum Gasteiger partial charge on any atom is 0.411 e. The summed E-state index contributed by atoms with van der Waals surface area (Å²) >= 11 is 0.958. The van der Waals surface area contributed by atoms with Crippen molar-refractivity contribution in [3.63, 3.8) is 0 Å². The van der Waals surface area contributed by atoms with Crippen LogP contribution in [-0.2, 0) is 16.1 Å². The van der Waals surface area contributed by atoms with E-state index in [4.69, 9.17) is 10.00 Å². The molecular weight excluding hydrogens is 602 g/mol. The van der Waals surface area contributed by atoms with E-state index in [1.807, 2.05) is 6.07 Å². The van der Waals surface area contributed by atoms with Gasteiger partial charge >= 0.3 is 12.2 Å². The van der Waals surface area contributed by atoms with Crippen molar-refractivity contribution in [1.29, 1.82) is 5.26 Å². The topological polar surface area (TPSA) is 125 Å². The van der Waals surface area contributed by atoms with Crippen LogP contribution in [0.5, 0.6) is 0 Å². The highest BCUT2D eigenvalue weighted by atomic mass is 32.2. The molecule has 15 heteroatoms. The van der Waals surface area contributed by atoms with Gasteiger partial charge in [-0.2, -0.15) is 23.4 Å². The number of thioether (sulfide) groups is 1. The van der Waals surface area contributed by atoms with Crippen LogP contribution >= 0.6 is 11.8 Å². The van der Waals surface area contributed by atoms with Crippen molar-refractivity contribution in [3.8, 4) is 23.1 Å². The number of carbonyl (C=O) groups excluding carboxylic acids is 2. The minimum atomic E-state index is -4.52. The normalized spacial score (nSPS) is 14.2. The lowest BCUT2D eigenvalue weighted by Gasteiger charge is -2.21. The number of hydrogen-bond acceptors (Lipinski definition) is 7. The number of urea groups is 1. The number of rotatable bonds is 7. The van der Waals surface area contributed by atoms with Gasteiger partial charge in [-0.15, -0.1) is 5.10 Å². The van der Waals surface area contributed by atoms with Crippen molar-refractivity contribution in [2.75, 3.05) is 22.6 Å². The second-order valence-electron chi connectivity index (χ2n) is 9.45. The van der Waals surface area contributed by atoms with Crippen LogP contribution in [0.3, 0.4) is 0 Å². The van der Waals surface area contributed by atoms with Crippen molar-refractivity contribution < 1.29 is 31.9 Å². The Morgan fingerprint density at radius 2 is 1.93 bits per heavy atom. The summed E-state index contributed by atoms with van der Waals surface area (Å²) in [5.41, 5.74) is 2.52. The van der Waals surface area contributed by atoms with E-state index in [2.05, 4.69) is 20.4 Å². The summed E-state index contributed by atoms with van der Waals surface area (Å²) in [4.78, 5) is 34.8. The fourth-order valence-electron chi connectivity index (χ4n) is 4.16. The third-order valence-electron chi connectivity index (χ3n) is 6.19. The second kappa shape index (κ2) is 12.7. The van der Waals surface area contributed by atoms with Gasteiger partial charge in [0, 0.05) is 11.1 Å². The van der Waals surface area contributed by atoms with Gasteiger partial charge in [-0.1, -0.05) is 23.9 Å². The monoisotopic (exact) mass is 623 g/mol. The van der Waals surface area contributed by atoms with Crippen molar-refractivity contribution in [2.45, 2.75) is 19.7 Å². The fraction of sp³-hybridized carbons (Fsp3) is 0.172. The highest BCUT2D eigenvalue weighted by Gasteiger charge is 2.33. The van der Waals surface area contributed by atoms with Gasteiger partial charge in [-0.25, -0.2) is 18.9 Å². The number of benzene rings is 3. The molecule has 5 rings (SSSR count). The quantitative estimate of drug-likeness (QED) is 0.250. The number of amidine groups is 1. The Morgan fingerprint density at radius 1 is 1.16 bits per heavy atom. The average Bonchev–Trinajstić information content (AvgIpc) is 3.61. The molecule has 1 aliphatic heterocycles. The standard InChI is InChI=1S/C29H21F4N7O3S/c1-17-2-5-20(13-43-15-29(31,32)33)24(10-17)40-25(41)14-44-28(40)37-27(42)36-23-9-6-19(11-22(23)30)26-35-16-39(38-26)21-7-3-18(12-34)4-8-21/h2-11,16H,13-15H2,1H3,(H,36,42). The number of amides is 3. The molecule has 0 radical (unpaired) electrons. The lowest BCUT2D eigenvalue weighted by atomic mass is 10.1. The number of nitrogens with zero attached hydrogens (tertiary/aromatic N) is 6. The number of ether oxygens (including phenoxy) is 1. The number of aliphatic imine (C=N–C) groups is 1. The first-order valence-corrected chi connectivity index (χ1v) is 13.8. The Kier molecular flexibility index (Phi) is 8.74. The molecule has 10 nitrogen and oxygen atoms in total. The number of aromatic nitrogens is 3. The van der Waals surface area contributed by atoms with E-state index in [0.29, 0.717) is 27.9 Å². The van der Waals surface area contributed by atoms with Crippen LogP contribution in [-0.4, -0.2) is 50.4 Å².